The van der Waals surface area contributed by atoms with Crippen molar-refractivity contribution in [3.05, 3.63) is 41.4 Å². The highest BCUT2D eigenvalue weighted by molar-refractivity contribution is 7.80. The van der Waals surface area contributed by atoms with E-state index in [1.165, 1.54) is 16.2 Å². The molecule has 2 fully saturated rings. The highest BCUT2D eigenvalue weighted by Crippen LogP contribution is 2.31. The van der Waals surface area contributed by atoms with E-state index >= 15 is 0 Å². The fraction of sp³-hybridized carbons (Fsp3) is 0.294. The summed E-state index contributed by atoms with van der Waals surface area (Å²) >= 11 is 1.30. The number of carbonyl (C=O) groups excluding carboxylic acids is 2. The molecule has 2 aromatic rings. The number of hydroxylamine groups is 2. The summed E-state index contributed by atoms with van der Waals surface area (Å²) in [5, 5.41) is 2.86. The molecule has 2 aliphatic rings. The fourth-order valence-corrected chi connectivity index (χ4v) is 4.66. The minimum Gasteiger partial charge on any atom is -0.385 e. The van der Waals surface area contributed by atoms with E-state index in [1.807, 2.05) is 30.3 Å². The molecule has 0 spiro atoms. The Morgan fingerprint density at radius 3 is 2.73 bits per heavy atom. The summed E-state index contributed by atoms with van der Waals surface area (Å²) in [6.07, 6.45) is 0.721. The number of hydrogen-bond acceptors (Lipinski definition) is 7. The molecule has 0 radical (unpaired) electrons. The fourth-order valence-electron chi connectivity index (χ4n) is 3.47. The zero-order valence-corrected chi connectivity index (χ0v) is 17.0. The third-order valence-electron chi connectivity index (χ3n) is 4.81. The van der Waals surface area contributed by atoms with Crippen LogP contribution in [0.3, 0.4) is 0 Å². The van der Waals surface area contributed by atoms with E-state index in [-0.39, 0.29) is 18.1 Å². The molecule has 3 N–H and O–H groups in total. The Kier molecular flexibility index (Phi) is 5.27. The van der Waals surface area contributed by atoms with Crippen molar-refractivity contribution in [3.8, 4) is 10.6 Å². The first-order chi connectivity index (χ1) is 14.2. The zero-order chi connectivity index (χ0) is 21.5. The lowest BCUT2D eigenvalue weighted by atomic mass is 10.0. The number of urea groups is 1. The molecule has 2 bridgehead atoms. The average Bonchev–Trinajstić information content (AvgIpc) is 3.28. The second-order valence-corrected chi connectivity index (χ2v) is 8.62. The first-order valence-electron chi connectivity index (χ1n) is 8.89. The van der Waals surface area contributed by atoms with Crippen LogP contribution in [0, 0.1) is 0 Å². The van der Waals surface area contributed by atoms with Crippen molar-refractivity contribution in [2.24, 2.45) is 10.7 Å². The number of aromatic nitrogens is 1. The van der Waals surface area contributed by atoms with Crippen LogP contribution in [0.15, 0.2) is 40.7 Å². The summed E-state index contributed by atoms with van der Waals surface area (Å²) in [5.74, 6) is -0.708. The normalized spacial score (nSPS) is 21.9. The quantitative estimate of drug-likeness (QED) is 0.392. The van der Waals surface area contributed by atoms with Crippen LogP contribution in [-0.4, -0.2) is 64.3 Å². The van der Waals surface area contributed by atoms with E-state index in [0.29, 0.717) is 22.9 Å². The maximum Gasteiger partial charge on any atom is 0.418 e. The monoisotopic (exact) mass is 451 g/mol. The summed E-state index contributed by atoms with van der Waals surface area (Å²) in [6.45, 7) is 0.137. The van der Waals surface area contributed by atoms with Gasteiger partial charge < -0.3 is 10.6 Å². The summed E-state index contributed by atoms with van der Waals surface area (Å²) in [4.78, 5) is 34.4. The Morgan fingerprint density at radius 2 is 2.03 bits per heavy atom. The first kappa shape index (κ1) is 20.4. The lowest BCUT2D eigenvalue weighted by Gasteiger charge is -2.29. The second kappa shape index (κ2) is 7.75. The number of amides is 3. The molecule has 1 aromatic heterocycles. The number of hydrogen-bond donors (Lipinski definition) is 2. The lowest BCUT2D eigenvalue weighted by Crippen LogP contribution is -2.48. The van der Waals surface area contributed by atoms with Gasteiger partial charge in [0, 0.05) is 17.5 Å². The number of piperidine rings is 1. The van der Waals surface area contributed by atoms with Crippen LogP contribution < -0.4 is 5.73 Å². The van der Waals surface area contributed by atoms with Crippen molar-refractivity contribution >= 4 is 39.5 Å². The molecule has 3 amide bonds. The van der Waals surface area contributed by atoms with Gasteiger partial charge in [0.1, 0.15) is 16.5 Å². The van der Waals surface area contributed by atoms with Crippen LogP contribution in [0.2, 0.25) is 0 Å². The van der Waals surface area contributed by atoms with Crippen LogP contribution in [0.1, 0.15) is 23.3 Å². The molecule has 158 valence electrons. The Bertz CT molecular complexity index is 1120. The van der Waals surface area contributed by atoms with Crippen molar-refractivity contribution in [1.82, 2.24) is 14.9 Å². The minimum absolute atomic E-state index is 0.0743. The van der Waals surface area contributed by atoms with Crippen LogP contribution in [0.5, 0.6) is 0 Å². The van der Waals surface area contributed by atoms with Crippen LogP contribution in [0.4, 0.5) is 4.79 Å². The zero-order valence-electron chi connectivity index (χ0n) is 15.4. The van der Waals surface area contributed by atoms with Crippen molar-refractivity contribution in [2.75, 3.05) is 6.54 Å². The standard InChI is InChI=1S/C17H17N5O6S2/c18-14(13-7-6-11-8-21(13)17(24)22(11)28-30(25,26)27)20-15(23)12-9-29-16(19-12)10-4-2-1-3-5-10/h1-5,9,11,13H,6-8H2,(H2,18,20,23)(H,25,26,27)/t11-,13+/m1/s1. The van der Waals surface area contributed by atoms with Gasteiger partial charge in [0.05, 0.1) is 12.1 Å². The van der Waals surface area contributed by atoms with E-state index < -0.39 is 34.4 Å². The third kappa shape index (κ3) is 4.05. The smallest absolute Gasteiger partial charge is 0.385 e. The number of thiazole rings is 1. The molecular weight excluding hydrogens is 434 g/mol. The van der Waals surface area contributed by atoms with E-state index in [4.69, 9.17) is 10.3 Å². The van der Waals surface area contributed by atoms with E-state index in [2.05, 4.69) is 14.3 Å². The molecule has 0 saturated carbocycles. The molecule has 2 aliphatic heterocycles. The molecule has 1 aromatic carbocycles. The molecular formula is C17H17N5O6S2. The Morgan fingerprint density at radius 1 is 1.30 bits per heavy atom. The highest BCUT2D eigenvalue weighted by atomic mass is 32.3. The van der Waals surface area contributed by atoms with Gasteiger partial charge in [0.2, 0.25) is 0 Å². The van der Waals surface area contributed by atoms with Gasteiger partial charge in [-0.15, -0.1) is 15.6 Å². The van der Waals surface area contributed by atoms with Gasteiger partial charge >= 0.3 is 16.4 Å². The second-order valence-electron chi connectivity index (χ2n) is 6.76. The van der Waals surface area contributed by atoms with Crippen molar-refractivity contribution in [3.63, 3.8) is 0 Å². The molecule has 0 unspecified atom stereocenters. The van der Waals surface area contributed by atoms with Gasteiger partial charge in [-0.3, -0.25) is 9.35 Å². The number of amidine groups is 1. The average molecular weight is 451 g/mol. The molecule has 30 heavy (non-hydrogen) atoms. The number of benzene rings is 1. The van der Waals surface area contributed by atoms with E-state index in [0.717, 1.165) is 5.56 Å². The molecule has 13 heteroatoms. The maximum atomic E-state index is 12.5. The number of carbonyl (C=O) groups is 2. The van der Waals surface area contributed by atoms with Gasteiger partial charge in [-0.05, 0) is 12.8 Å². The first-order valence-corrected chi connectivity index (χ1v) is 11.1. The van der Waals surface area contributed by atoms with E-state index in [1.54, 1.807) is 5.38 Å². The summed E-state index contributed by atoms with van der Waals surface area (Å²) in [5.41, 5.74) is 7.02. The molecule has 2 saturated heterocycles. The molecule has 2 atom stereocenters. The lowest BCUT2D eigenvalue weighted by molar-refractivity contribution is -0.0316. The van der Waals surface area contributed by atoms with Gasteiger partial charge in [0.15, 0.2) is 0 Å². The predicted molar refractivity (Wildman–Crippen MR) is 107 cm³/mol. The predicted octanol–water partition coefficient (Wildman–Crippen LogP) is 1.31. The summed E-state index contributed by atoms with van der Waals surface area (Å²) < 4.78 is 35.2. The van der Waals surface area contributed by atoms with E-state index in [9.17, 15) is 18.0 Å². The van der Waals surface area contributed by atoms with Crippen LogP contribution in [0.25, 0.3) is 10.6 Å². The van der Waals surface area contributed by atoms with Crippen LogP contribution >= 0.6 is 11.3 Å². The van der Waals surface area contributed by atoms with Gasteiger partial charge in [0.25, 0.3) is 5.91 Å². The number of rotatable bonds is 5. The summed E-state index contributed by atoms with van der Waals surface area (Å²) in [7, 11) is -4.84. The molecule has 3 heterocycles. The highest BCUT2D eigenvalue weighted by Gasteiger charge is 2.48. The number of aliphatic imine (C=N–C) groups is 1. The Hall–Kier alpha value is -2.87. The van der Waals surface area contributed by atoms with Crippen LogP contribution in [-0.2, 0) is 14.7 Å². The van der Waals surface area contributed by atoms with Gasteiger partial charge in [-0.2, -0.15) is 18.5 Å². The van der Waals surface area contributed by atoms with Gasteiger partial charge in [-0.1, -0.05) is 30.3 Å². The molecule has 4 rings (SSSR count). The SMILES string of the molecule is NC(=NC(=O)c1csc(-c2ccccc2)n1)[C@@H]1CC[C@@H]2CN1C(=O)N2OS(=O)(=O)O. The number of nitrogens with two attached hydrogens (primary N) is 1. The Labute approximate surface area is 175 Å². The molecule has 11 nitrogen and oxygen atoms in total. The molecule has 0 aliphatic carbocycles. The maximum absolute atomic E-state index is 12.5. The summed E-state index contributed by atoms with van der Waals surface area (Å²) in [6, 6.07) is 7.35. The Balaban J connectivity index is 1.50. The van der Waals surface area contributed by atoms with Gasteiger partial charge in [-0.25, -0.2) is 9.78 Å². The number of fused-ring (bicyclic) bond motifs is 2. The third-order valence-corrected chi connectivity index (χ3v) is 6.05. The largest absolute Gasteiger partial charge is 0.418 e. The van der Waals surface area contributed by atoms with Crippen molar-refractivity contribution in [2.45, 2.75) is 24.9 Å². The number of nitrogens with zero attached hydrogens (tertiary/aromatic N) is 4. The topological polar surface area (TPSA) is 155 Å². The van der Waals surface area contributed by atoms with Crippen molar-refractivity contribution < 1.29 is 26.8 Å². The van der Waals surface area contributed by atoms with Crippen molar-refractivity contribution in [1.29, 1.82) is 0 Å². The minimum atomic E-state index is -4.84.